The van der Waals surface area contributed by atoms with Gasteiger partial charge >= 0.3 is 5.69 Å². The van der Waals surface area contributed by atoms with E-state index in [-0.39, 0.29) is 17.5 Å². The maximum absolute atomic E-state index is 13.1. The van der Waals surface area contributed by atoms with Crippen LogP contribution < -0.4 is 25.4 Å². The fraction of sp³-hybridized carbons (Fsp3) is 0.333. The zero-order valence-electron chi connectivity index (χ0n) is 15.6. The number of piperazine rings is 1. The molecular formula is C21H24FN5O+2. The highest BCUT2D eigenvalue weighted by molar-refractivity contribution is 5.87. The molecule has 2 aromatic carbocycles. The molecule has 3 aromatic rings. The van der Waals surface area contributed by atoms with Crippen molar-refractivity contribution in [1.82, 2.24) is 4.98 Å². The second-order valence-corrected chi connectivity index (χ2v) is 7.69. The summed E-state index contributed by atoms with van der Waals surface area (Å²) in [7, 11) is 0. The molecule has 1 aromatic heterocycles. The van der Waals surface area contributed by atoms with Gasteiger partial charge in [-0.15, -0.1) is 0 Å². The molecule has 2 aliphatic heterocycles. The number of aromatic nitrogens is 2. The SMILES string of the molecule is O=c1[nH]c2ccccc2c2[n+]1C[C@H](C[NH+]1CCN(c3ccc(F)cc3)CC1)N2. The van der Waals surface area contributed by atoms with Gasteiger partial charge in [-0.3, -0.25) is 5.32 Å². The zero-order valence-corrected chi connectivity index (χ0v) is 15.6. The quantitative estimate of drug-likeness (QED) is 0.567. The van der Waals surface area contributed by atoms with Crippen LogP contribution in [0.3, 0.4) is 0 Å². The van der Waals surface area contributed by atoms with E-state index in [2.05, 4.69) is 15.2 Å². The number of quaternary nitrogens is 1. The van der Waals surface area contributed by atoms with E-state index >= 15 is 0 Å². The molecule has 1 fully saturated rings. The minimum Gasteiger partial charge on any atom is -0.360 e. The Balaban J connectivity index is 1.24. The molecule has 3 heterocycles. The van der Waals surface area contributed by atoms with Crippen LogP contribution in [0.25, 0.3) is 10.9 Å². The number of H-pyrrole nitrogens is 1. The second kappa shape index (κ2) is 6.91. The fourth-order valence-electron chi connectivity index (χ4n) is 4.42. The van der Waals surface area contributed by atoms with Crippen LogP contribution in [0.4, 0.5) is 15.9 Å². The summed E-state index contributed by atoms with van der Waals surface area (Å²) in [5.74, 6) is 0.730. The lowest BCUT2D eigenvalue weighted by Gasteiger charge is -2.34. The first-order valence-electron chi connectivity index (χ1n) is 9.83. The van der Waals surface area contributed by atoms with Crippen molar-refractivity contribution in [2.45, 2.75) is 12.6 Å². The third kappa shape index (κ3) is 3.11. The van der Waals surface area contributed by atoms with Crippen molar-refractivity contribution in [3.05, 3.63) is 64.8 Å². The summed E-state index contributed by atoms with van der Waals surface area (Å²) in [5.41, 5.74) is 1.90. The van der Waals surface area contributed by atoms with Crippen LogP contribution in [0, 0.1) is 5.82 Å². The van der Waals surface area contributed by atoms with Crippen LogP contribution in [-0.4, -0.2) is 43.7 Å². The van der Waals surface area contributed by atoms with Crippen molar-refractivity contribution in [1.29, 1.82) is 0 Å². The zero-order chi connectivity index (χ0) is 19.1. The molecule has 1 atom stereocenters. The van der Waals surface area contributed by atoms with Crippen molar-refractivity contribution in [3.8, 4) is 0 Å². The molecule has 144 valence electrons. The maximum atomic E-state index is 13.1. The van der Waals surface area contributed by atoms with E-state index in [1.54, 1.807) is 0 Å². The second-order valence-electron chi connectivity index (χ2n) is 7.69. The predicted molar refractivity (Wildman–Crippen MR) is 106 cm³/mol. The van der Waals surface area contributed by atoms with Gasteiger partial charge in [-0.2, -0.15) is 4.57 Å². The molecule has 0 radical (unpaired) electrons. The van der Waals surface area contributed by atoms with Gasteiger partial charge in [0.05, 0.1) is 31.6 Å². The number of fused-ring (bicyclic) bond motifs is 3. The monoisotopic (exact) mass is 381 g/mol. The van der Waals surface area contributed by atoms with Crippen LogP contribution in [0.1, 0.15) is 0 Å². The number of hydrogen-bond donors (Lipinski definition) is 3. The molecule has 2 aliphatic rings. The Kier molecular flexibility index (Phi) is 4.24. The smallest absolute Gasteiger partial charge is 0.360 e. The third-order valence-electron chi connectivity index (χ3n) is 5.88. The summed E-state index contributed by atoms with van der Waals surface area (Å²) in [6.07, 6.45) is 0. The first-order valence-corrected chi connectivity index (χ1v) is 9.83. The highest BCUT2D eigenvalue weighted by Gasteiger charge is 2.34. The standard InChI is InChI=1S/C21H22FN5O/c22-15-5-7-17(8-6-15)26-11-9-25(10-12-26)13-16-14-27-20(23-16)18-3-1-2-4-19(18)24-21(27)28/h1-8,16H,9-14H2,(H,23,24,28)/p+2/t16-/m0/s1. The lowest BCUT2D eigenvalue weighted by atomic mass is 10.2. The van der Waals surface area contributed by atoms with Crippen LogP contribution in [0.15, 0.2) is 53.3 Å². The number of aromatic amines is 1. The topological polar surface area (TPSA) is 56.5 Å². The van der Waals surface area contributed by atoms with E-state index in [1.165, 1.54) is 17.0 Å². The van der Waals surface area contributed by atoms with E-state index in [9.17, 15) is 9.18 Å². The van der Waals surface area contributed by atoms with Gasteiger partial charge in [-0.1, -0.05) is 12.1 Å². The number of rotatable bonds is 3. The van der Waals surface area contributed by atoms with Gasteiger partial charge in [0.25, 0.3) is 0 Å². The average molecular weight is 381 g/mol. The number of para-hydroxylation sites is 1. The molecule has 6 nitrogen and oxygen atoms in total. The Labute approximate surface area is 162 Å². The summed E-state index contributed by atoms with van der Waals surface area (Å²) in [4.78, 5) is 19.2. The Bertz CT molecular complexity index is 1060. The molecule has 0 spiro atoms. The van der Waals surface area contributed by atoms with Crippen LogP contribution >= 0.6 is 0 Å². The van der Waals surface area contributed by atoms with Crippen molar-refractivity contribution in [2.75, 3.05) is 42.9 Å². The molecule has 0 aliphatic carbocycles. The molecule has 28 heavy (non-hydrogen) atoms. The molecule has 0 saturated carbocycles. The van der Waals surface area contributed by atoms with E-state index < -0.39 is 0 Å². The Morgan fingerprint density at radius 2 is 1.86 bits per heavy atom. The van der Waals surface area contributed by atoms with Gasteiger partial charge in [-0.25, -0.2) is 14.2 Å². The fourth-order valence-corrected chi connectivity index (χ4v) is 4.42. The summed E-state index contributed by atoms with van der Waals surface area (Å²) in [5, 5.41) is 4.64. The van der Waals surface area contributed by atoms with E-state index in [0.717, 1.165) is 55.1 Å². The van der Waals surface area contributed by atoms with Gasteiger partial charge in [-0.05, 0) is 36.4 Å². The third-order valence-corrected chi connectivity index (χ3v) is 5.88. The number of hydrogen-bond acceptors (Lipinski definition) is 3. The predicted octanol–water partition coefficient (Wildman–Crippen LogP) is 0.154. The van der Waals surface area contributed by atoms with Crippen LogP contribution in [-0.2, 0) is 6.54 Å². The first-order chi connectivity index (χ1) is 13.7. The van der Waals surface area contributed by atoms with Crippen LogP contribution in [0.5, 0.6) is 0 Å². The van der Waals surface area contributed by atoms with Gasteiger partial charge in [0.1, 0.15) is 24.4 Å². The summed E-state index contributed by atoms with van der Waals surface area (Å²) in [6.45, 7) is 5.66. The lowest BCUT2D eigenvalue weighted by Crippen LogP contribution is -3.16. The van der Waals surface area contributed by atoms with Crippen molar-refractivity contribution in [2.24, 2.45) is 0 Å². The van der Waals surface area contributed by atoms with Crippen LogP contribution in [0.2, 0.25) is 0 Å². The lowest BCUT2D eigenvalue weighted by molar-refractivity contribution is -0.902. The van der Waals surface area contributed by atoms with Crippen molar-refractivity contribution in [3.63, 3.8) is 0 Å². The van der Waals surface area contributed by atoms with E-state index in [4.69, 9.17) is 0 Å². The Morgan fingerprint density at radius 1 is 1.11 bits per heavy atom. The van der Waals surface area contributed by atoms with Gasteiger partial charge in [0, 0.05) is 5.69 Å². The van der Waals surface area contributed by atoms with Gasteiger partial charge < -0.3 is 9.80 Å². The minimum atomic E-state index is -0.195. The number of nitrogens with one attached hydrogen (secondary N) is 3. The maximum Gasteiger partial charge on any atom is 0.441 e. The molecule has 0 unspecified atom stereocenters. The highest BCUT2D eigenvalue weighted by Crippen LogP contribution is 2.20. The summed E-state index contributed by atoms with van der Waals surface area (Å²) >= 11 is 0. The Hall–Kier alpha value is -2.93. The Morgan fingerprint density at radius 3 is 2.64 bits per heavy atom. The summed E-state index contributed by atoms with van der Waals surface area (Å²) < 4.78 is 14.9. The van der Waals surface area contributed by atoms with Gasteiger partial charge in [0.15, 0.2) is 6.04 Å². The summed E-state index contributed by atoms with van der Waals surface area (Å²) in [6, 6.07) is 14.9. The molecule has 3 N–H and O–H groups in total. The van der Waals surface area contributed by atoms with Crippen molar-refractivity contribution < 1.29 is 13.9 Å². The van der Waals surface area contributed by atoms with E-state index in [1.807, 2.05) is 41.0 Å². The van der Waals surface area contributed by atoms with Gasteiger partial charge in [0.2, 0.25) is 5.82 Å². The molecular weight excluding hydrogens is 357 g/mol. The molecule has 0 bridgehead atoms. The average Bonchev–Trinajstić information content (AvgIpc) is 3.14. The number of anilines is 2. The molecule has 1 saturated heterocycles. The molecule has 7 heteroatoms. The number of nitrogens with zero attached hydrogens (tertiary/aromatic N) is 2. The largest absolute Gasteiger partial charge is 0.441 e. The highest BCUT2D eigenvalue weighted by atomic mass is 19.1. The first kappa shape index (κ1) is 17.2. The van der Waals surface area contributed by atoms with E-state index in [0.29, 0.717) is 6.54 Å². The van der Waals surface area contributed by atoms with Crippen molar-refractivity contribution >= 4 is 22.4 Å². The minimum absolute atomic E-state index is 0.0557. The number of benzene rings is 2. The normalized spacial score (nSPS) is 19.6. The number of halogens is 1. The molecule has 0 amide bonds. The molecule has 5 rings (SSSR count).